The van der Waals surface area contributed by atoms with Gasteiger partial charge in [0.15, 0.2) is 0 Å². The largest absolute Gasteiger partial charge is 0.349 e. The van der Waals surface area contributed by atoms with Crippen molar-refractivity contribution >= 4 is 23.4 Å². The number of amides is 1. The number of nitrogens with zero attached hydrogens (tertiary/aromatic N) is 2. The van der Waals surface area contributed by atoms with E-state index in [-0.39, 0.29) is 17.3 Å². The topological polar surface area (TPSA) is 68.4 Å². The van der Waals surface area contributed by atoms with Gasteiger partial charge in [0.2, 0.25) is 5.91 Å². The Kier molecular flexibility index (Phi) is 7.89. The summed E-state index contributed by atoms with van der Waals surface area (Å²) in [4.78, 5) is 30.9. The van der Waals surface area contributed by atoms with E-state index in [2.05, 4.69) is 24.1 Å². The van der Waals surface area contributed by atoms with Crippen LogP contribution in [0.1, 0.15) is 37.9 Å². The summed E-state index contributed by atoms with van der Waals surface area (Å²) in [5, 5.41) is 3.63. The first-order valence-corrected chi connectivity index (χ1v) is 11.5. The fraction of sp³-hybridized carbons (Fsp3) is 0.500. The number of benzene rings is 1. The van der Waals surface area contributed by atoms with Gasteiger partial charge in [0.25, 0.3) is 0 Å². The Bertz CT molecular complexity index is 878. The van der Waals surface area contributed by atoms with Gasteiger partial charge >= 0.3 is 5.69 Å². The number of hydrogen-bond donors (Lipinski definition) is 2. The number of aromatic nitrogens is 2. The van der Waals surface area contributed by atoms with E-state index in [1.807, 2.05) is 34.9 Å². The Labute approximate surface area is 176 Å². The van der Waals surface area contributed by atoms with Gasteiger partial charge in [-0.15, -0.1) is 0 Å². The Hall–Kier alpha value is -2.12. The number of quaternary nitrogens is 1. The molecule has 0 bridgehead atoms. The fourth-order valence-electron chi connectivity index (χ4n) is 3.82. The molecule has 1 aliphatic rings. The molecule has 2 N–H and O–H groups in total. The molecule has 0 aliphatic heterocycles. The molecule has 0 spiro atoms. The molecule has 0 unspecified atom stereocenters. The normalized spacial score (nSPS) is 13.3. The summed E-state index contributed by atoms with van der Waals surface area (Å²) < 4.78 is 1.88. The minimum absolute atomic E-state index is 0.0816. The molecule has 1 aliphatic carbocycles. The quantitative estimate of drug-likeness (QED) is 0.484. The third-order valence-electron chi connectivity index (χ3n) is 5.54. The molecule has 1 aromatic carbocycles. The highest BCUT2D eigenvalue weighted by molar-refractivity contribution is 8.00. The van der Waals surface area contributed by atoms with Crippen molar-refractivity contribution in [2.75, 3.05) is 30.7 Å². The van der Waals surface area contributed by atoms with Crippen LogP contribution in [0.25, 0.3) is 0 Å². The van der Waals surface area contributed by atoms with E-state index < -0.39 is 0 Å². The summed E-state index contributed by atoms with van der Waals surface area (Å²) in [7, 11) is 0. The van der Waals surface area contributed by atoms with Gasteiger partial charge in [-0.05, 0) is 51.7 Å². The number of fused-ring (bicyclic) bond motifs is 1. The van der Waals surface area contributed by atoms with Crippen molar-refractivity contribution in [3.63, 3.8) is 0 Å². The molecule has 6 nitrogen and oxygen atoms in total. The zero-order valence-electron chi connectivity index (χ0n) is 17.4. The molecule has 1 heterocycles. The van der Waals surface area contributed by atoms with Crippen molar-refractivity contribution in [3.8, 4) is 0 Å². The first-order valence-electron chi connectivity index (χ1n) is 10.6. The van der Waals surface area contributed by atoms with Crippen LogP contribution in [0.2, 0.25) is 0 Å². The van der Waals surface area contributed by atoms with Crippen molar-refractivity contribution in [3.05, 3.63) is 52.1 Å². The molecule has 1 amide bonds. The number of thioether (sulfide) groups is 1. The highest BCUT2D eigenvalue weighted by atomic mass is 32.2. The van der Waals surface area contributed by atoms with E-state index in [0.717, 1.165) is 61.7 Å². The second-order valence-electron chi connectivity index (χ2n) is 7.39. The van der Waals surface area contributed by atoms with Gasteiger partial charge in [0.1, 0.15) is 5.03 Å². The Morgan fingerprint density at radius 3 is 2.62 bits per heavy atom. The molecule has 0 saturated carbocycles. The summed E-state index contributed by atoms with van der Waals surface area (Å²) >= 11 is 1.38. The molecule has 0 atom stereocenters. The number of hydrogen-bond acceptors (Lipinski definition) is 4. The number of carbonyl (C=O) groups excluding carboxylic acids is 1. The van der Waals surface area contributed by atoms with Gasteiger partial charge in [-0.2, -0.15) is 4.98 Å². The third kappa shape index (κ3) is 5.70. The molecule has 1 aromatic heterocycles. The lowest BCUT2D eigenvalue weighted by atomic mass is 9.97. The van der Waals surface area contributed by atoms with Crippen molar-refractivity contribution in [1.29, 1.82) is 0 Å². The van der Waals surface area contributed by atoms with E-state index >= 15 is 0 Å². The smallest absolute Gasteiger partial charge is 0.334 e. The summed E-state index contributed by atoms with van der Waals surface area (Å²) in [5.41, 5.74) is 2.90. The van der Waals surface area contributed by atoms with Crippen molar-refractivity contribution in [2.45, 2.75) is 51.1 Å². The second kappa shape index (κ2) is 10.6. The number of carbonyl (C=O) groups is 1. The third-order valence-corrected chi connectivity index (χ3v) is 6.55. The average molecular weight is 416 g/mol. The van der Waals surface area contributed by atoms with Crippen LogP contribution in [0.3, 0.4) is 0 Å². The molecule has 29 heavy (non-hydrogen) atoms. The minimum Gasteiger partial charge on any atom is -0.334 e. The summed E-state index contributed by atoms with van der Waals surface area (Å²) in [6, 6.07) is 9.42. The van der Waals surface area contributed by atoms with E-state index in [0.29, 0.717) is 6.54 Å². The molecular formula is C22H31N4O2S+. The van der Waals surface area contributed by atoms with Gasteiger partial charge in [0, 0.05) is 16.9 Å². The standard InChI is InChI=1S/C22H30N4O2S/c1-3-25(4-2)14-15-26-19-13-9-8-12-18(19)21(24-22(26)28)29-16-20(27)23-17-10-6-5-7-11-17/h5-7,10-11H,3-4,8-9,12-16H2,1-2H3,(H,23,27)/p+1. The van der Waals surface area contributed by atoms with Gasteiger partial charge < -0.3 is 10.2 Å². The lowest BCUT2D eigenvalue weighted by molar-refractivity contribution is -0.897. The molecule has 3 rings (SSSR count). The summed E-state index contributed by atoms with van der Waals surface area (Å²) in [6.45, 7) is 8.12. The number of likely N-dealkylation sites (N-methyl/N-ethyl adjacent to an activating group) is 1. The molecule has 156 valence electrons. The Morgan fingerprint density at radius 1 is 1.17 bits per heavy atom. The maximum Gasteiger partial charge on any atom is 0.349 e. The van der Waals surface area contributed by atoms with Crippen LogP contribution >= 0.6 is 11.8 Å². The van der Waals surface area contributed by atoms with Crippen molar-refractivity contribution < 1.29 is 9.69 Å². The van der Waals surface area contributed by atoms with E-state index in [1.54, 1.807) is 0 Å². The predicted octanol–water partition coefficient (Wildman–Crippen LogP) is 1.78. The molecule has 0 saturated heterocycles. The highest BCUT2D eigenvalue weighted by Gasteiger charge is 2.21. The number of rotatable bonds is 9. The van der Waals surface area contributed by atoms with Crippen LogP contribution in [-0.4, -0.2) is 40.8 Å². The molecule has 0 fully saturated rings. The fourth-order valence-corrected chi connectivity index (χ4v) is 4.70. The van der Waals surface area contributed by atoms with Crippen molar-refractivity contribution in [2.24, 2.45) is 0 Å². The van der Waals surface area contributed by atoms with Gasteiger partial charge in [-0.3, -0.25) is 9.36 Å². The number of para-hydroxylation sites is 1. The number of anilines is 1. The molecular weight excluding hydrogens is 384 g/mol. The van der Waals surface area contributed by atoms with Gasteiger partial charge in [-0.25, -0.2) is 4.79 Å². The Balaban J connectivity index is 1.73. The van der Waals surface area contributed by atoms with Crippen LogP contribution in [0.4, 0.5) is 5.69 Å². The van der Waals surface area contributed by atoms with E-state index in [4.69, 9.17) is 0 Å². The van der Waals surface area contributed by atoms with Gasteiger partial charge in [-0.1, -0.05) is 30.0 Å². The zero-order valence-corrected chi connectivity index (χ0v) is 18.2. The lowest BCUT2D eigenvalue weighted by Gasteiger charge is -2.23. The van der Waals surface area contributed by atoms with Crippen LogP contribution in [-0.2, 0) is 24.2 Å². The van der Waals surface area contributed by atoms with E-state index in [9.17, 15) is 9.59 Å². The predicted molar refractivity (Wildman–Crippen MR) is 118 cm³/mol. The molecule has 0 radical (unpaired) electrons. The van der Waals surface area contributed by atoms with Crippen LogP contribution in [0.5, 0.6) is 0 Å². The lowest BCUT2D eigenvalue weighted by Crippen LogP contribution is -3.11. The summed E-state index contributed by atoms with van der Waals surface area (Å²) in [5.74, 6) is 0.170. The average Bonchev–Trinajstić information content (AvgIpc) is 2.75. The van der Waals surface area contributed by atoms with Crippen molar-refractivity contribution in [1.82, 2.24) is 9.55 Å². The first kappa shape index (κ1) is 21.6. The minimum atomic E-state index is -0.178. The van der Waals surface area contributed by atoms with Gasteiger partial charge in [0.05, 0.1) is 31.9 Å². The Morgan fingerprint density at radius 2 is 1.90 bits per heavy atom. The molecule has 7 heteroatoms. The first-order chi connectivity index (χ1) is 14.1. The second-order valence-corrected chi connectivity index (χ2v) is 8.36. The van der Waals surface area contributed by atoms with Crippen LogP contribution in [0.15, 0.2) is 40.2 Å². The van der Waals surface area contributed by atoms with Crippen LogP contribution < -0.4 is 15.9 Å². The van der Waals surface area contributed by atoms with Crippen LogP contribution in [0, 0.1) is 0 Å². The SMILES string of the molecule is CC[NH+](CC)CCn1c2c(c(SCC(=O)Nc3ccccc3)nc1=O)CCCC2. The number of nitrogens with one attached hydrogen (secondary N) is 2. The molecule has 2 aromatic rings. The monoisotopic (exact) mass is 415 g/mol. The zero-order chi connectivity index (χ0) is 20.6. The maximum atomic E-state index is 12.8. The van der Waals surface area contributed by atoms with E-state index in [1.165, 1.54) is 22.2 Å². The highest BCUT2D eigenvalue weighted by Crippen LogP contribution is 2.28. The summed E-state index contributed by atoms with van der Waals surface area (Å²) in [6.07, 6.45) is 4.07. The maximum absolute atomic E-state index is 12.8.